The lowest BCUT2D eigenvalue weighted by molar-refractivity contribution is -0.147. The molecule has 0 spiro atoms. The molecule has 2 aliphatic carbocycles. The molecule has 0 radical (unpaired) electrons. The predicted octanol–water partition coefficient (Wildman–Crippen LogP) is 5.79. The van der Waals surface area contributed by atoms with Crippen molar-refractivity contribution in [3.8, 4) is 5.69 Å². The summed E-state index contributed by atoms with van der Waals surface area (Å²) < 4.78 is 7.40. The molecule has 1 fully saturated rings. The fourth-order valence-corrected chi connectivity index (χ4v) is 7.18. The smallest absolute Gasteiger partial charge is 0.316 e. The van der Waals surface area contributed by atoms with Crippen LogP contribution in [0.2, 0.25) is 0 Å². The second kappa shape index (κ2) is 9.63. The number of para-hydroxylation sites is 1. The molecule has 0 amide bonds. The number of carbonyl (C=O) groups is 1. The minimum Gasteiger partial charge on any atom is -0.462 e. The fourth-order valence-electron chi connectivity index (χ4n) is 4.96. The van der Waals surface area contributed by atoms with Gasteiger partial charge >= 0.3 is 5.97 Å². The van der Waals surface area contributed by atoms with Crippen LogP contribution in [-0.4, -0.2) is 27.4 Å². The number of hydrogen-bond donors (Lipinski definition) is 0. The number of hydrogen-bond acceptors (Lipinski definition) is 6. The molecule has 5 rings (SSSR count). The number of thiophene rings is 1. The first-order valence-electron chi connectivity index (χ1n) is 11.9. The number of ether oxygens (including phenoxy) is 1. The Morgan fingerprint density at radius 2 is 1.88 bits per heavy atom. The lowest BCUT2D eigenvalue weighted by Crippen LogP contribution is -2.25. The second-order valence-electron chi connectivity index (χ2n) is 9.56. The maximum atomic E-state index is 13.8. The fraction of sp³-hybridized carbons (Fsp3) is 0.500. The van der Waals surface area contributed by atoms with Gasteiger partial charge in [0, 0.05) is 4.88 Å². The van der Waals surface area contributed by atoms with Gasteiger partial charge in [-0.15, -0.1) is 11.3 Å². The number of carbonyl (C=O) groups excluding carboxylic acids is 1. The monoisotopic (exact) mass is 482 g/mol. The van der Waals surface area contributed by atoms with E-state index in [-0.39, 0.29) is 23.4 Å². The van der Waals surface area contributed by atoms with Gasteiger partial charge in [0.25, 0.3) is 5.56 Å². The Bertz CT molecular complexity index is 1210. The van der Waals surface area contributed by atoms with Crippen molar-refractivity contribution in [1.29, 1.82) is 0 Å². The standard InChI is InChI=1S/C26H30N2O3S2/c1-16-8-11-19(12-9-16)31-22(29)15-32-26-27-24-23(20-13-10-17(2)14-21(20)33-24)25(30)28(26)18-6-4-3-5-7-18/h3-7,16-17,19H,8-15H2,1-2H3. The zero-order chi connectivity index (χ0) is 22.9. The summed E-state index contributed by atoms with van der Waals surface area (Å²) in [6, 6.07) is 9.61. The number of nitrogens with zero attached hydrogens (tertiary/aromatic N) is 2. The molecule has 174 valence electrons. The summed E-state index contributed by atoms with van der Waals surface area (Å²) in [7, 11) is 0. The number of fused-ring (bicyclic) bond motifs is 3. The zero-order valence-corrected chi connectivity index (χ0v) is 20.8. The number of aryl methyl sites for hydroxylation is 1. The van der Waals surface area contributed by atoms with E-state index < -0.39 is 0 Å². The topological polar surface area (TPSA) is 61.2 Å². The number of aromatic nitrogens is 2. The summed E-state index contributed by atoms with van der Waals surface area (Å²) in [6.45, 7) is 4.52. The molecule has 5 nitrogen and oxygen atoms in total. The molecule has 1 atom stereocenters. The van der Waals surface area contributed by atoms with Crippen LogP contribution in [0.5, 0.6) is 0 Å². The number of benzene rings is 1. The molecular weight excluding hydrogens is 452 g/mol. The molecule has 0 saturated heterocycles. The summed E-state index contributed by atoms with van der Waals surface area (Å²) >= 11 is 2.94. The Kier molecular flexibility index (Phi) is 6.61. The van der Waals surface area contributed by atoms with Crippen LogP contribution in [-0.2, 0) is 22.4 Å². The largest absolute Gasteiger partial charge is 0.462 e. The number of thioether (sulfide) groups is 1. The Morgan fingerprint density at radius 1 is 1.12 bits per heavy atom. The highest BCUT2D eigenvalue weighted by Crippen LogP contribution is 2.37. The van der Waals surface area contributed by atoms with Gasteiger partial charge < -0.3 is 4.74 Å². The Hall–Kier alpha value is -2.12. The van der Waals surface area contributed by atoms with Gasteiger partial charge in [-0.05, 0) is 74.5 Å². The van der Waals surface area contributed by atoms with E-state index in [0.29, 0.717) is 17.0 Å². The maximum absolute atomic E-state index is 13.8. The minimum atomic E-state index is -0.229. The number of rotatable bonds is 5. The summed E-state index contributed by atoms with van der Waals surface area (Å²) in [4.78, 5) is 33.4. The van der Waals surface area contributed by atoms with Gasteiger partial charge in [0.2, 0.25) is 0 Å². The molecular formula is C26H30N2O3S2. The van der Waals surface area contributed by atoms with Crippen LogP contribution >= 0.6 is 23.1 Å². The van der Waals surface area contributed by atoms with Crippen molar-refractivity contribution in [3.05, 3.63) is 51.1 Å². The molecule has 3 aromatic rings. The molecule has 1 aromatic carbocycles. The first kappa shape index (κ1) is 22.7. The third-order valence-electron chi connectivity index (χ3n) is 6.89. The quantitative estimate of drug-likeness (QED) is 0.262. The van der Waals surface area contributed by atoms with Crippen molar-refractivity contribution in [2.75, 3.05) is 5.75 Å². The van der Waals surface area contributed by atoms with Crippen LogP contribution in [0.3, 0.4) is 0 Å². The van der Waals surface area contributed by atoms with Crippen LogP contribution in [0.1, 0.15) is 56.4 Å². The molecule has 1 saturated carbocycles. The van der Waals surface area contributed by atoms with Crippen molar-refractivity contribution in [1.82, 2.24) is 9.55 Å². The molecule has 33 heavy (non-hydrogen) atoms. The van der Waals surface area contributed by atoms with E-state index >= 15 is 0 Å². The van der Waals surface area contributed by atoms with Crippen molar-refractivity contribution in [2.45, 2.75) is 70.1 Å². The van der Waals surface area contributed by atoms with E-state index in [1.807, 2.05) is 30.3 Å². The normalized spacial score (nSPS) is 22.8. The van der Waals surface area contributed by atoms with Crippen molar-refractivity contribution >= 4 is 39.3 Å². The third kappa shape index (κ3) is 4.76. The molecule has 7 heteroatoms. The highest BCUT2D eigenvalue weighted by Gasteiger charge is 2.26. The van der Waals surface area contributed by atoms with Crippen LogP contribution in [0, 0.1) is 11.8 Å². The average Bonchev–Trinajstić information content (AvgIpc) is 3.17. The predicted molar refractivity (Wildman–Crippen MR) is 135 cm³/mol. The van der Waals surface area contributed by atoms with Crippen LogP contribution in [0.25, 0.3) is 15.9 Å². The lowest BCUT2D eigenvalue weighted by atomic mass is 9.89. The molecule has 0 N–H and O–H groups in total. The van der Waals surface area contributed by atoms with Crippen molar-refractivity contribution < 1.29 is 9.53 Å². The summed E-state index contributed by atoms with van der Waals surface area (Å²) in [5, 5.41) is 1.31. The molecule has 2 aromatic heterocycles. The Balaban J connectivity index is 1.46. The van der Waals surface area contributed by atoms with Crippen LogP contribution in [0.15, 0.2) is 40.3 Å². The molecule has 0 aliphatic heterocycles. The van der Waals surface area contributed by atoms with E-state index in [2.05, 4.69) is 13.8 Å². The Morgan fingerprint density at radius 3 is 2.64 bits per heavy atom. The summed E-state index contributed by atoms with van der Waals surface area (Å²) in [5.74, 6) is 1.27. The van der Waals surface area contributed by atoms with Gasteiger partial charge in [0.15, 0.2) is 5.16 Å². The highest BCUT2D eigenvalue weighted by atomic mass is 32.2. The highest BCUT2D eigenvalue weighted by molar-refractivity contribution is 7.99. The van der Waals surface area contributed by atoms with Gasteiger partial charge in [0.1, 0.15) is 10.9 Å². The SMILES string of the molecule is CC1CCC(OC(=O)CSc2nc3sc4c(c3c(=O)n2-c2ccccc2)CCC(C)C4)CC1. The number of esters is 1. The maximum Gasteiger partial charge on any atom is 0.316 e. The summed E-state index contributed by atoms with van der Waals surface area (Å²) in [6.07, 6.45) is 7.16. The average molecular weight is 483 g/mol. The van der Waals surface area contributed by atoms with Gasteiger partial charge in [-0.25, -0.2) is 4.98 Å². The van der Waals surface area contributed by atoms with Gasteiger partial charge in [0.05, 0.1) is 16.8 Å². The molecule has 1 unspecified atom stereocenters. The lowest BCUT2D eigenvalue weighted by Gasteiger charge is -2.25. The van der Waals surface area contributed by atoms with Crippen molar-refractivity contribution in [2.24, 2.45) is 11.8 Å². The third-order valence-corrected chi connectivity index (χ3v) is 8.95. The molecule has 2 aliphatic rings. The Labute approximate surface area is 202 Å². The first-order valence-corrected chi connectivity index (χ1v) is 13.7. The minimum absolute atomic E-state index is 0.0204. The van der Waals surface area contributed by atoms with E-state index in [1.54, 1.807) is 15.9 Å². The van der Waals surface area contributed by atoms with Crippen molar-refractivity contribution in [3.63, 3.8) is 0 Å². The van der Waals surface area contributed by atoms with E-state index in [9.17, 15) is 9.59 Å². The van der Waals surface area contributed by atoms with E-state index in [0.717, 1.165) is 60.8 Å². The van der Waals surface area contributed by atoms with Gasteiger partial charge in [-0.3, -0.25) is 14.2 Å². The van der Waals surface area contributed by atoms with Crippen LogP contribution < -0.4 is 5.56 Å². The zero-order valence-electron chi connectivity index (χ0n) is 19.2. The first-order chi connectivity index (χ1) is 16.0. The molecule has 2 heterocycles. The van der Waals surface area contributed by atoms with Crippen LogP contribution in [0.4, 0.5) is 0 Å². The second-order valence-corrected chi connectivity index (χ2v) is 11.6. The van der Waals surface area contributed by atoms with Gasteiger partial charge in [-0.2, -0.15) is 0 Å². The van der Waals surface area contributed by atoms with E-state index in [1.165, 1.54) is 22.2 Å². The molecule has 0 bridgehead atoms. The summed E-state index contributed by atoms with van der Waals surface area (Å²) in [5.41, 5.74) is 1.92. The van der Waals surface area contributed by atoms with Gasteiger partial charge in [-0.1, -0.05) is 43.8 Å². The van der Waals surface area contributed by atoms with E-state index in [4.69, 9.17) is 9.72 Å².